The van der Waals surface area contributed by atoms with E-state index in [4.69, 9.17) is 0 Å². The quantitative estimate of drug-likeness (QED) is 0.794. The smallest absolute Gasteiger partial charge is 0.141 e. The van der Waals surface area contributed by atoms with Crippen LogP contribution in [0.4, 0.5) is 4.39 Å². The van der Waals surface area contributed by atoms with Gasteiger partial charge in [0.25, 0.3) is 0 Å². The van der Waals surface area contributed by atoms with Crippen LogP contribution in [0.3, 0.4) is 0 Å². The van der Waals surface area contributed by atoms with E-state index in [0.717, 1.165) is 5.56 Å². The molecule has 4 heteroatoms. The monoisotopic (exact) mass is 212 g/mol. The average Bonchev–Trinajstić information content (AvgIpc) is 2.15. The van der Waals surface area contributed by atoms with E-state index in [-0.39, 0.29) is 5.82 Å². The fraction of sp³-hybridized carbons (Fsp3) is 0.545. The second kappa shape index (κ2) is 4.68. The fourth-order valence-corrected chi connectivity index (χ4v) is 1.03. The van der Waals surface area contributed by atoms with Crippen LogP contribution in [0.25, 0.3) is 0 Å². The molecule has 3 nitrogen and oxygen atoms in total. The lowest BCUT2D eigenvalue weighted by Crippen LogP contribution is -2.47. The molecule has 0 radical (unpaired) electrons. The molecule has 0 aromatic carbocycles. The molecule has 84 valence electrons. The van der Waals surface area contributed by atoms with Gasteiger partial charge in [-0.2, -0.15) is 0 Å². The number of nitrogens with one attached hydrogen (secondary N) is 1. The number of aliphatic hydroxyl groups is 1. The van der Waals surface area contributed by atoms with Gasteiger partial charge in [0.1, 0.15) is 5.82 Å². The maximum absolute atomic E-state index is 12.8. The minimum atomic E-state index is -0.473. The summed E-state index contributed by atoms with van der Waals surface area (Å²) in [7, 11) is 0. The van der Waals surface area contributed by atoms with Gasteiger partial charge < -0.3 is 10.4 Å². The Kier molecular flexibility index (Phi) is 3.77. The molecule has 1 aromatic rings. The second-order valence-corrected chi connectivity index (χ2v) is 4.26. The van der Waals surface area contributed by atoms with Crippen LogP contribution >= 0.6 is 0 Å². The Bertz CT molecular complexity index is 326. The number of pyridine rings is 1. The van der Waals surface area contributed by atoms with Crippen LogP contribution in [-0.4, -0.2) is 21.7 Å². The third kappa shape index (κ3) is 3.57. The molecule has 0 aliphatic carbocycles. The van der Waals surface area contributed by atoms with Crippen molar-refractivity contribution in [1.82, 2.24) is 10.3 Å². The molecule has 0 bridgehead atoms. The minimum Gasteiger partial charge on any atom is -0.392 e. The van der Waals surface area contributed by atoms with Crippen LogP contribution in [0.15, 0.2) is 18.5 Å². The van der Waals surface area contributed by atoms with Crippen molar-refractivity contribution < 1.29 is 9.50 Å². The van der Waals surface area contributed by atoms with Gasteiger partial charge in [-0.1, -0.05) is 0 Å². The van der Waals surface area contributed by atoms with Crippen molar-refractivity contribution in [1.29, 1.82) is 0 Å². The van der Waals surface area contributed by atoms with E-state index in [1.807, 2.05) is 13.8 Å². The lowest BCUT2D eigenvalue weighted by Gasteiger charge is -2.29. The van der Waals surface area contributed by atoms with Crippen LogP contribution < -0.4 is 5.32 Å². The van der Waals surface area contributed by atoms with Crippen molar-refractivity contribution >= 4 is 0 Å². The Morgan fingerprint density at radius 1 is 1.53 bits per heavy atom. The van der Waals surface area contributed by atoms with Gasteiger partial charge in [0, 0.05) is 18.3 Å². The highest BCUT2D eigenvalue weighted by atomic mass is 19.1. The van der Waals surface area contributed by atoms with Crippen LogP contribution in [-0.2, 0) is 6.54 Å². The number of aromatic nitrogens is 1. The molecule has 0 spiro atoms. The van der Waals surface area contributed by atoms with E-state index in [1.165, 1.54) is 12.3 Å². The van der Waals surface area contributed by atoms with Crippen molar-refractivity contribution in [3.63, 3.8) is 0 Å². The van der Waals surface area contributed by atoms with E-state index >= 15 is 0 Å². The third-order valence-corrected chi connectivity index (χ3v) is 2.55. The van der Waals surface area contributed by atoms with Gasteiger partial charge in [-0.15, -0.1) is 0 Å². The predicted octanol–water partition coefficient (Wildman–Crippen LogP) is 1.47. The highest BCUT2D eigenvalue weighted by Gasteiger charge is 2.22. The van der Waals surface area contributed by atoms with E-state index < -0.39 is 11.6 Å². The molecule has 1 rings (SSSR count). The molecule has 1 heterocycles. The lowest BCUT2D eigenvalue weighted by molar-refractivity contribution is 0.0956. The minimum absolute atomic E-state index is 0.343. The van der Waals surface area contributed by atoms with E-state index in [9.17, 15) is 9.50 Å². The van der Waals surface area contributed by atoms with Gasteiger partial charge >= 0.3 is 0 Å². The molecule has 15 heavy (non-hydrogen) atoms. The Balaban J connectivity index is 2.57. The van der Waals surface area contributed by atoms with Crippen LogP contribution in [0.1, 0.15) is 26.3 Å². The van der Waals surface area contributed by atoms with Crippen molar-refractivity contribution in [3.8, 4) is 0 Å². The number of hydrogen-bond donors (Lipinski definition) is 2. The summed E-state index contributed by atoms with van der Waals surface area (Å²) in [5.41, 5.74) is 0.371. The number of hydrogen-bond acceptors (Lipinski definition) is 3. The fourth-order valence-electron chi connectivity index (χ4n) is 1.03. The largest absolute Gasteiger partial charge is 0.392 e. The molecule has 0 amide bonds. The second-order valence-electron chi connectivity index (χ2n) is 4.26. The van der Waals surface area contributed by atoms with Crippen molar-refractivity contribution in [2.75, 3.05) is 0 Å². The van der Waals surface area contributed by atoms with E-state index in [1.54, 1.807) is 13.1 Å². The SMILES string of the molecule is CC(O)C(C)(C)NCc1cncc(F)c1. The molecule has 1 atom stereocenters. The van der Waals surface area contributed by atoms with Gasteiger partial charge in [-0.05, 0) is 32.4 Å². The Labute approximate surface area is 89.4 Å². The summed E-state index contributed by atoms with van der Waals surface area (Å²) >= 11 is 0. The average molecular weight is 212 g/mol. The zero-order chi connectivity index (χ0) is 11.5. The third-order valence-electron chi connectivity index (χ3n) is 2.55. The number of halogens is 1. The van der Waals surface area contributed by atoms with E-state index in [2.05, 4.69) is 10.3 Å². The zero-order valence-electron chi connectivity index (χ0n) is 9.29. The summed E-state index contributed by atoms with van der Waals surface area (Å²) in [6, 6.07) is 1.43. The Morgan fingerprint density at radius 2 is 2.20 bits per heavy atom. The summed E-state index contributed by atoms with van der Waals surface area (Å²) in [4.78, 5) is 3.75. The highest BCUT2D eigenvalue weighted by molar-refractivity contribution is 5.10. The normalized spacial score (nSPS) is 13.9. The van der Waals surface area contributed by atoms with E-state index in [0.29, 0.717) is 6.54 Å². The molecule has 0 aliphatic rings. The first-order valence-electron chi connectivity index (χ1n) is 4.94. The topological polar surface area (TPSA) is 45.1 Å². The first-order chi connectivity index (χ1) is 6.92. The molecule has 0 aliphatic heterocycles. The van der Waals surface area contributed by atoms with Crippen molar-refractivity contribution in [2.45, 2.75) is 39.0 Å². The molecular formula is C11H17FN2O. The molecular weight excluding hydrogens is 195 g/mol. The first-order valence-corrected chi connectivity index (χ1v) is 4.94. The summed E-state index contributed by atoms with van der Waals surface area (Å²) in [5, 5.41) is 12.6. The molecule has 0 saturated carbocycles. The van der Waals surface area contributed by atoms with Crippen LogP contribution in [0, 0.1) is 5.82 Å². The van der Waals surface area contributed by atoms with Gasteiger partial charge in [0.2, 0.25) is 0 Å². The Morgan fingerprint density at radius 3 is 2.73 bits per heavy atom. The summed E-state index contributed by atoms with van der Waals surface area (Å²) < 4.78 is 12.8. The lowest BCUT2D eigenvalue weighted by atomic mass is 9.98. The summed E-state index contributed by atoms with van der Waals surface area (Å²) in [6.07, 6.45) is 2.30. The van der Waals surface area contributed by atoms with Gasteiger partial charge in [-0.3, -0.25) is 4.98 Å². The van der Waals surface area contributed by atoms with Gasteiger partial charge in [0.15, 0.2) is 0 Å². The molecule has 0 saturated heterocycles. The maximum atomic E-state index is 12.8. The van der Waals surface area contributed by atoms with Gasteiger partial charge in [0.05, 0.1) is 12.3 Å². The van der Waals surface area contributed by atoms with Crippen molar-refractivity contribution in [3.05, 3.63) is 29.8 Å². The number of rotatable bonds is 4. The van der Waals surface area contributed by atoms with Crippen molar-refractivity contribution in [2.24, 2.45) is 0 Å². The summed E-state index contributed by atoms with van der Waals surface area (Å²) in [5.74, 6) is -0.343. The molecule has 1 unspecified atom stereocenters. The maximum Gasteiger partial charge on any atom is 0.141 e. The standard InChI is InChI=1S/C11H17FN2O/c1-8(15)11(2,3)14-6-9-4-10(12)7-13-5-9/h4-5,7-8,14-15H,6H2,1-3H3. The zero-order valence-corrected chi connectivity index (χ0v) is 9.29. The van der Waals surface area contributed by atoms with Gasteiger partial charge in [-0.25, -0.2) is 4.39 Å². The molecule has 0 fully saturated rings. The molecule has 1 aromatic heterocycles. The van der Waals surface area contributed by atoms with Crippen LogP contribution in [0.5, 0.6) is 0 Å². The highest BCUT2D eigenvalue weighted by Crippen LogP contribution is 2.10. The number of nitrogens with zero attached hydrogens (tertiary/aromatic N) is 1. The molecule has 2 N–H and O–H groups in total. The number of aliphatic hydroxyl groups excluding tert-OH is 1. The van der Waals surface area contributed by atoms with Crippen LogP contribution in [0.2, 0.25) is 0 Å². The predicted molar refractivity (Wildman–Crippen MR) is 56.8 cm³/mol. The first kappa shape index (κ1) is 12.1. The Hall–Kier alpha value is -1.00. The summed E-state index contributed by atoms with van der Waals surface area (Å²) in [6.45, 7) is 5.99.